The summed E-state index contributed by atoms with van der Waals surface area (Å²) < 4.78 is 28.7. The van der Waals surface area contributed by atoms with Crippen LogP contribution in [0.2, 0.25) is 0 Å². The zero-order chi connectivity index (χ0) is 15.1. The minimum absolute atomic E-state index is 0.0427. The number of thioether (sulfide) groups is 1. The molecule has 0 unspecified atom stereocenters. The van der Waals surface area contributed by atoms with Gasteiger partial charge in [0, 0.05) is 19.8 Å². The van der Waals surface area contributed by atoms with Crippen LogP contribution >= 0.6 is 24.0 Å². The fourth-order valence-electron chi connectivity index (χ4n) is 1.17. The number of hydrogen-bond donors (Lipinski definition) is 1. The van der Waals surface area contributed by atoms with E-state index in [0.29, 0.717) is 10.0 Å². The maximum absolute atomic E-state index is 12.0. The molecule has 0 spiro atoms. The highest BCUT2D eigenvalue weighted by atomic mass is 32.2. The molecule has 1 aromatic rings. The average molecular weight is 320 g/mol. The Morgan fingerprint density at radius 2 is 2.00 bits per heavy atom. The number of hydrogen-bond acceptors (Lipinski definition) is 4. The molecule has 0 aliphatic carbocycles. The maximum Gasteiger partial charge on any atom is 0.387 e. The molecule has 1 aromatic carbocycles. The quantitative estimate of drug-likeness (QED) is 0.845. The first kappa shape index (κ1) is 16.6. The molecule has 0 saturated carbocycles. The van der Waals surface area contributed by atoms with Crippen molar-refractivity contribution in [2.75, 3.05) is 25.2 Å². The normalized spacial score (nSPS) is 10.2. The lowest BCUT2D eigenvalue weighted by Crippen LogP contribution is -2.20. The zero-order valence-corrected chi connectivity index (χ0v) is 12.6. The molecule has 0 heterocycles. The predicted octanol–water partition coefficient (Wildman–Crippen LogP) is 2.81. The predicted molar refractivity (Wildman–Crippen MR) is 80.4 cm³/mol. The number of benzene rings is 1. The Morgan fingerprint density at radius 1 is 1.40 bits per heavy atom. The van der Waals surface area contributed by atoms with Crippen molar-refractivity contribution in [1.82, 2.24) is 4.90 Å². The van der Waals surface area contributed by atoms with Crippen molar-refractivity contribution in [3.63, 3.8) is 0 Å². The Balaban J connectivity index is 2.44. The number of nitrogens with zero attached hydrogens (tertiary/aromatic N) is 1. The van der Waals surface area contributed by atoms with Crippen LogP contribution in [0.4, 0.5) is 14.5 Å². The Morgan fingerprint density at radius 3 is 2.50 bits per heavy atom. The number of alkyl halides is 2. The van der Waals surface area contributed by atoms with Gasteiger partial charge >= 0.3 is 6.61 Å². The summed E-state index contributed by atoms with van der Waals surface area (Å²) in [7, 11) is 3.60. The summed E-state index contributed by atoms with van der Waals surface area (Å²) >= 11 is 6.28. The van der Waals surface area contributed by atoms with E-state index in [1.54, 1.807) is 19.0 Å². The molecule has 0 atom stereocenters. The molecule has 110 valence electrons. The Kier molecular flexibility index (Phi) is 6.66. The molecule has 0 bridgehead atoms. The number of carbonyl (C=O) groups excluding carboxylic acids is 1. The van der Waals surface area contributed by atoms with Crippen molar-refractivity contribution in [3.05, 3.63) is 24.3 Å². The van der Waals surface area contributed by atoms with Gasteiger partial charge in [-0.05, 0) is 24.3 Å². The second-order valence-corrected chi connectivity index (χ2v) is 5.51. The lowest BCUT2D eigenvalue weighted by molar-refractivity contribution is -0.113. The van der Waals surface area contributed by atoms with E-state index in [4.69, 9.17) is 12.2 Å². The van der Waals surface area contributed by atoms with Crippen LogP contribution < -0.4 is 10.1 Å². The van der Waals surface area contributed by atoms with E-state index in [0.717, 1.165) is 0 Å². The Labute approximate surface area is 125 Å². The number of anilines is 1. The lowest BCUT2D eigenvalue weighted by atomic mass is 10.3. The van der Waals surface area contributed by atoms with E-state index in [9.17, 15) is 13.6 Å². The van der Waals surface area contributed by atoms with Crippen LogP contribution in [0.15, 0.2) is 24.3 Å². The van der Waals surface area contributed by atoms with E-state index >= 15 is 0 Å². The molecule has 1 rings (SSSR count). The van der Waals surface area contributed by atoms with Crippen LogP contribution in [0, 0.1) is 0 Å². The third kappa shape index (κ3) is 6.16. The summed E-state index contributed by atoms with van der Waals surface area (Å²) in [5.74, 6) is 0.00892. The van der Waals surface area contributed by atoms with E-state index < -0.39 is 6.61 Å². The van der Waals surface area contributed by atoms with E-state index in [1.807, 2.05) is 0 Å². The molecule has 0 aliphatic heterocycles. The highest BCUT2D eigenvalue weighted by Crippen LogP contribution is 2.18. The van der Waals surface area contributed by atoms with Gasteiger partial charge in [-0.2, -0.15) is 8.78 Å². The van der Waals surface area contributed by atoms with Crippen molar-refractivity contribution in [3.8, 4) is 5.75 Å². The topological polar surface area (TPSA) is 41.6 Å². The summed E-state index contributed by atoms with van der Waals surface area (Å²) in [4.78, 5) is 13.4. The van der Waals surface area contributed by atoms with Gasteiger partial charge in [0.1, 0.15) is 10.1 Å². The van der Waals surface area contributed by atoms with Crippen LogP contribution in [0.25, 0.3) is 0 Å². The van der Waals surface area contributed by atoms with Gasteiger partial charge in [0.25, 0.3) is 0 Å². The second kappa shape index (κ2) is 8.01. The summed E-state index contributed by atoms with van der Waals surface area (Å²) in [6, 6.07) is 5.70. The highest BCUT2D eigenvalue weighted by molar-refractivity contribution is 8.23. The van der Waals surface area contributed by atoms with Gasteiger partial charge < -0.3 is 15.0 Å². The van der Waals surface area contributed by atoms with Gasteiger partial charge in [-0.1, -0.05) is 24.0 Å². The smallest absolute Gasteiger partial charge is 0.387 e. The van der Waals surface area contributed by atoms with Gasteiger partial charge in [-0.25, -0.2) is 0 Å². The summed E-state index contributed by atoms with van der Waals surface area (Å²) in [6.45, 7) is -2.86. The number of thiocarbonyl (C=S) groups is 1. The van der Waals surface area contributed by atoms with Gasteiger partial charge in [-0.3, -0.25) is 4.79 Å². The standard InChI is InChI=1S/C12H14F2N2O2S2/c1-16(2)12(19)20-7-10(17)15-8-3-5-9(6-4-8)18-11(13)14/h3-6,11H,7H2,1-2H3,(H,15,17). The number of rotatable bonds is 5. The third-order valence-electron chi connectivity index (χ3n) is 2.06. The van der Waals surface area contributed by atoms with Crippen LogP contribution in [0.5, 0.6) is 5.75 Å². The largest absolute Gasteiger partial charge is 0.435 e. The first-order valence-electron chi connectivity index (χ1n) is 5.57. The van der Waals surface area contributed by atoms with E-state index in [2.05, 4.69) is 10.1 Å². The fourth-order valence-corrected chi connectivity index (χ4v) is 1.93. The number of ether oxygens (including phenoxy) is 1. The SMILES string of the molecule is CN(C)C(=S)SCC(=O)Nc1ccc(OC(F)F)cc1. The number of nitrogens with one attached hydrogen (secondary N) is 1. The summed E-state index contributed by atoms with van der Waals surface area (Å²) in [5.41, 5.74) is 0.507. The number of halogens is 2. The zero-order valence-electron chi connectivity index (χ0n) is 10.9. The van der Waals surface area contributed by atoms with Crippen LogP contribution in [-0.4, -0.2) is 41.6 Å². The molecular formula is C12H14F2N2O2S2. The molecule has 0 aromatic heterocycles. The molecule has 1 amide bonds. The molecular weight excluding hydrogens is 306 g/mol. The fraction of sp³-hybridized carbons (Fsp3) is 0.333. The first-order valence-corrected chi connectivity index (χ1v) is 6.96. The molecule has 20 heavy (non-hydrogen) atoms. The summed E-state index contributed by atoms with van der Waals surface area (Å²) in [6.07, 6.45) is 0. The molecule has 0 radical (unpaired) electrons. The monoisotopic (exact) mass is 320 g/mol. The molecule has 4 nitrogen and oxygen atoms in total. The lowest BCUT2D eigenvalue weighted by Gasteiger charge is -2.12. The Bertz CT molecular complexity index is 467. The maximum atomic E-state index is 12.0. The highest BCUT2D eigenvalue weighted by Gasteiger charge is 2.07. The van der Waals surface area contributed by atoms with Crippen LogP contribution in [0.1, 0.15) is 0 Å². The minimum atomic E-state index is -2.86. The molecule has 8 heteroatoms. The molecule has 0 saturated heterocycles. The molecule has 0 fully saturated rings. The van der Waals surface area contributed by atoms with E-state index in [1.165, 1.54) is 36.0 Å². The molecule has 1 N–H and O–H groups in total. The third-order valence-corrected chi connectivity index (χ3v) is 3.79. The van der Waals surface area contributed by atoms with Crippen molar-refractivity contribution in [1.29, 1.82) is 0 Å². The average Bonchev–Trinajstić information content (AvgIpc) is 2.37. The van der Waals surface area contributed by atoms with Crippen molar-refractivity contribution < 1.29 is 18.3 Å². The number of carbonyl (C=O) groups is 1. The van der Waals surface area contributed by atoms with Crippen LogP contribution in [-0.2, 0) is 4.79 Å². The number of amides is 1. The second-order valence-electron chi connectivity index (χ2n) is 3.90. The van der Waals surface area contributed by atoms with Gasteiger partial charge in [-0.15, -0.1) is 0 Å². The minimum Gasteiger partial charge on any atom is -0.435 e. The Hall–Kier alpha value is -1.41. The van der Waals surface area contributed by atoms with Crippen molar-refractivity contribution >= 4 is 39.9 Å². The molecule has 0 aliphatic rings. The summed E-state index contributed by atoms with van der Waals surface area (Å²) in [5, 5.41) is 2.64. The first-order chi connectivity index (χ1) is 9.38. The van der Waals surface area contributed by atoms with E-state index in [-0.39, 0.29) is 17.4 Å². The van der Waals surface area contributed by atoms with Gasteiger partial charge in [0.05, 0.1) is 5.75 Å². The van der Waals surface area contributed by atoms with Crippen LogP contribution in [0.3, 0.4) is 0 Å². The van der Waals surface area contributed by atoms with Crippen molar-refractivity contribution in [2.45, 2.75) is 6.61 Å². The van der Waals surface area contributed by atoms with Gasteiger partial charge in [0.2, 0.25) is 5.91 Å². The van der Waals surface area contributed by atoms with Crippen molar-refractivity contribution in [2.24, 2.45) is 0 Å². The van der Waals surface area contributed by atoms with Gasteiger partial charge in [0.15, 0.2) is 0 Å².